The Bertz CT molecular complexity index is 6.85. The maximum Gasteiger partial charge on any atom is 4.00 e. The Hall–Kier alpha value is 2.15. The van der Waals surface area contributed by atoms with E-state index in [0.717, 1.165) is 0 Å². The minimum Gasteiger partial charge on any atom is -2.00 e. The molecule has 0 aromatic carbocycles. The van der Waals surface area contributed by atoms with Crippen LogP contribution in [0.4, 0.5) is 0 Å². The average molecular weight is 393 g/mol. The summed E-state index contributed by atoms with van der Waals surface area (Å²) in [6.45, 7) is 0. The summed E-state index contributed by atoms with van der Waals surface area (Å²) in [4.78, 5) is 0. The smallest absolute Gasteiger partial charge is 2.00 e. The van der Waals surface area contributed by atoms with Crippen LogP contribution < -0.4 is 0 Å². The van der Waals surface area contributed by atoms with E-state index in [4.69, 9.17) is 0 Å². The molecule has 0 bridgehead atoms. The quantitative estimate of drug-likeness (QED) is 0.487. The van der Waals surface area contributed by atoms with Crippen LogP contribution in [0.2, 0.25) is 0 Å². The molecule has 0 aliphatic rings. The molecule has 0 fully saturated rings. The Morgan fingerprint density at radius 2 is 0.600 bits per heavy atom. The number of rotatable bonds is 0. The van der Waals surface area contributed by atoms with Gasteiger partial charge in [0.25, 0.3) is 0 Å². The second kappa shape index (κ2) is 35.3. The zero-order valence-corrected chi connectivity index (χ0v) is 11.1. The molecule has 5 heavy (non-hydrogen) atoms. The summed E-state index contributed by atoms with van der Waals surface area (Å²) in [6.07, 6.45) is 0. The third-order valence-electron chi connectivity index (χ3n) is 0. The van der Waals surface area contributed by atoms with E-state index in [-0.39, 0.29) is 85.3 Å². The van der Waals surface area contributed by atoms with Crippen LogP contribution in [0, 0.1) is 45.0 Å². The number of hydrogen-bond acceptors (Lipinski definition) is 0. The monoisotopic (exact) mass is 394 g/mol. The summed E-state index contributed by atoms with van der Waals surface area (Å²) < 4.78 is 0. The normalized spacial score (nSPS) is 0. The van der Waals surface area contributed by atoms with Gasteiger partial charge in [-0.3, -0.25) is 0 Å². The van der Waals surface area contributed by atoms with Gasteiger partial charge in [0.2, 0.25) is 0 Å². The predicted octanol–water partition coefficient (Wildman–Crippen LogP) is -0.737. The van der Waals surface area contributed by atoms with Crippen molar-refractivity contribution in [3.05, 3.63) is 0 Å². The summed E-state index contributed by atoms with van der Waals surface area (Å²) in [5.41, 5.74) is 0. The van der Waals surface area contributed by atoms with Gasteiger partial charge < -0.3 is 16.4 Å². The Balaban J connectivity index is 0. The summed E-state index contributed by atoms with van der Waals surface area (Å²) >= 11 is 0. The molecule has 0 saturated heterocycles. The van der Waals surface area contributed by atoms with Crippen LogP contribution in [0.15, 0.2) is 0 Å². The first-order valence-corrected chi connectivity index (χ1v) is 0. The molecular weight excluding hydrogens is 393 g/mol. The molecule has 0 aromatic heterocycles. The predicted molar refractivity (Wildman–Crippen MR) is 7.81 cm³/mol. The summed E-state index contributed by atoms with van der Waals surface area (Å²) in [5, 5.41) is 0. The van der Waals surface area contributed by atoms with Crippen LogP contribution in [0.1, 0.15) is 0 Å². The van der Waals surface area contributed by atoms with Crippen LogP contribution in [-0.4, -0.2) is 23.9 Å². The largest absolute Gasteiger partial charge is 4.00 e. The van der Waals surface area contributed by atoms with Crippen molar-refractivity contribution < 1.29 is 61.4 Å². The maximum atomic E-state index is 0. The summed E-state index contributed by atoms with van der Waals surface area (Å²) in [6, 6.07) is 0. The van der Waals surface area contributed by atoms with Crippen molar-refractivity contribution >= 4 is 23.9 Å². The third-order valence-corrected chi connectivity index (χ3v) is 0. The molecule has 24 valence electrons. The first-order chi connectivity index (χ1) is 0. The van der Waals surface area contributed by atoms with Gasteiger partial charge in [0.15, 0.2) is 0 Å². The average Bonchev–Trinajstić information content (AvgIpc) is 0. The van der Waals surface area contributed by atoms with Gasteiger partial charge in [-0.05, 0) is 0 Å². The topological polar surface area (TPSA) is 85.5 Å². The van der Waals surface area contributed by atoms with E-state index in [0.29, 0.717) is 0 Å². The SMILES string of the molecule is [O-2].[O-2].[O-2].[Ra+2].[Sn+4]. The van der Waals surface area contributed by atoms with Gasteiger partial charge >= 0.3 is 68.9 Å². The second-order valence-corrected chi connectivity index (χ2v) is 0. The van der Waals surface area contributed by atoms with Gasteiger partial charge in [0, 0.05) is 0 Å². The Morgan fingerprint density at radius 1 is 0.600 bits per heavy atom. The molecule has 0 unspecified atom stereocenters. The molecule has 0 atom stereocenters. The molecule has 3 nitrogen and oxygen atoms in total. The fourth-order valence-corrected chi connectivity index (χ4v) is 0. The molecular formula is O3RaSn. The van der Waals surface area contributed by atoms with Crippen LogP contribution in [-0.2, 0) is 16.4 Å². The minimum absolute atomic E-state index is 0. The molecule has 0 aliphatic carbocycles. The first-order valence-electron chi connectivity index (χ1n) is 0. The van der Waals surface area contributed by atoms with Crippen LogP contribution in [0.5, 0.6) is 0 Å². The van der Waals surface area contributed by atoms with E-state index in [9.17, 15) is 0 Å². The van der Waals surface area contributed by atoms with Crippen molar-refractivity contribution in [2.45, 2.75) is 0 Å². The van der Waals surface area contributed by atoms with Gasteiger partial charge in [-0.2, -0.15) is 0 Å². The molecule has 0 aliphatic heterocycles. The van der Waals surface area contributed by atoms with Gasteiger partial charge in [0.1, 0.15) is 0 Å². The molecule has 0 radical (unpaired) electrons. The first kappa shape index (κ1) is 58.6. The van der Waals surface area contributed by atoms with E-state index >= 15 is 0 Å². The summed E-state index contributed by atoms with van der Waals surface area (Å²) in [7, 11) is 0. The van der Waals surface area contributed by atoms with Crippen molar-refractivity contribution in [1.29, 1.82) is 0 Å². The number of hydrogen-bond donors (Lipinski definition) is 0. The van der Waals surface area contributed by atoms with Crippen molar-refractivity contribution in [3.63, 3.8) is 0 Å². The second-order valence-electron chi connectivity index (χ2n) is 0. The molecule has 0 N–H and O–H groups in total. The van der Waals surface area contributed by atoms with E-state index in [1.807, 2.05) is 0 Å². The third kappa shape index (κ3) is 22.9. The standard InChI is InChI=1S/3O.Ra.Sn/q3*-2;+2;+4. The van der Waals surface area contributed by atoms with Crippen LogP contribution in [0.25, 0.3) is 0 Å². The molecule has 0 rings (SSSR count). The van der Waals surface area contributed by atoms with Gasteiger partial charge in [0.05, 0.1) is 0 Å². The van der Waals surface area contributed by atoms with E-state index in [1.54, 1.807) is 0 Å². The Kier molecular flexibility index (Phi) is 414. The van der Waals surface area contributed by atoms with Gasteiger partial charge in [-0.15, -0.1) is 0 Å². The molecule has 0 aromatic rings. The van der Waals surface area contributed by atoms with E-state index < -0.39 is 0 Å². The van der Waals surface area contributed by atoms with Crippen molar-refractivity contribution in [2.24, 2.45) is 0 Å². The van der Waals surface area contributed by atoms with E-state index in [1.165, 1.54) is 0 Å². The van der Waals surface area contributed by atoms with Crippen LogP contribution in [0.3, 0.4) is 0 Å². The Labute approximate surface area is 83.8 Å². The van der Waals surface area contributed by atoms with Crippen molar-refractivity contribution in [2.75, 3.05) is 0 Å². The minimum atomic E-state index is 0. The van der Waals surface area contributed by atoms with Crippen molar-refractivity contribution in [3.8, 4) is 0 Å². The fraction of sp³-hybridized carbons (Fsp3) is 0. The Morgan fingerprint density at radius 3 is 0.600 bits per heavy atom. The molecule has 5 heteroatoms. The molecule has 0 saturated carbocycles. The summed E-state index contributed by atoms with van der Waals surface area (Å²) in [5.74, 6) is 0. The van der Waals surface area contributed by atoms with Crippen LogP contribution >= 0.6 is 0 Å². The van der Waals surface area contributed by atoms with Gasteiger partial charge in [-0.25, -0.2) is 0 Å². The molecule has 0 heterocycles. The zero-order valence-electron chi connectivity index (χ0n) is 2.43. The fourth-order valence-electron chi connectivity index (χ4n) is 0. The maximum absolute atomic E-state index is 0. The molecule has 0 amide bonds. The zero-order chi connectivity index (χ0) is 0. The van der Waals surface area contributed by atoms with Crippen molar-refractivity contribution in [1.82, 2.24) is 0 Å². The van der Waals surface area contributed by atoms with E-state index in [2.05, 4.69) is 0 Å². The van der Waals surface area contributed by atoms with Gasteiger partial charge in [-0.1, -0.05) is 0 Å². The molecule has 0 spiro atoms.